The molecule has 0 radical (unpaired) electrons. The van der Waals surface area contributed by atoms with Gasteiger partial charge in [-0.1, -0.05) is 13.0 Å². The van der Waals surface area contributed by atoms with E-state index in [1.807, 2.05) is 11.3 Å². The van der Waals surface area contributed by atoms with Gasteiger partial charge in [-0.3, -0.25) is 0 Å². The standard InChI is InChI=1S/C16H17N3S/c1-2-10-3-4-12-13(9-10)19-16(18-12)15-11-6-8-20-14(11)5-7-17-15/h3-4,6,8-9,15,17H,2,5,7H2,1H3,(H,18,19). The average Bonchev–Trinajstić information content (AvgIpc) is 3.12. The molecule has 0 saturated carbocycles. The first-order valence-electron chi connectivity index (χ1n) is 7.13. The summed E-state index contributed by atoms with van der Waals surface area (Å²) in [4.78, 5) is 9.77. The van der Waals surface area contributed by atoms with Crippen molar-refractivity contribution in [3.05, 3.63) is 51.5 Å². The van der Waals surface area contributed by atoms with Crippen LogP contribution in [0, 0.1) is 0 Å². The maximum Gasteiger partial charge on any atom is 0.129 e. The summed E-state index contributed by atoms with van der Waals surface area (Å²) in [5.74, 6) is 1.03. The normalized spacial score (nSPS) is 18.4. The highest BCUT2D eigenvalue weighted by molar-refractivity contribution is 7.10. The summed E-state index contributed by atoms with van der Waals surface area (Å²) in [6, 6.07) is 8.93. The molecule has 2 N–H and O–H groups in total. The molecule has 3 heterocycles. The first-order chi connectivity index (χ1) is 9.85. The zero-order valence-corrected chi connectivity index (χ0v) is 12.3. The van der Waals surface area contributed by atoms with E-state index in [-0.39, 0.29) is 6.04 Å². The number of benzene rings is 1. The number of rotatable bonds is 2. The number of fused-ring (bicyclic) bond motifs is 2. The second kappa shape index (κ2) is 4.72. The number of imidazole rings is 1. The molecule has 1 unspecified atom stereocenters. The quantitative estimate of drug-likeness (QED) is 0.756. The van der Waals surface area contributed by atoms with E-state index in [1.54, 1.807) is 0 Å². The van der Waals surface area contributed by atoms with E-state index in [0.29, 0.717) is 0 Å². The summed E-state index contributed by atoms with van der Waals surface area (Å²) in [5, 5.41) is 5.76. The van der Waals surface area contributed by atoms with Crippen molar-refractivity contribution in [2.75, 3.05) is 6.54 Å². The van der Waals surface area contributed by atoms with Gasteiger partial charge in [-0.2, -0.15) is 0 Å². The van der Waals surface area contributed by atoms with E-state index in [0.717, 1.165) is 36.2 Å². The van der Waals surface area contributed by atoms with Gasteiger partial charge >= 0.3 is 0 Å². The second-order valence-corrected chi connectivity index (χ2v) is 6.26. The number of hydrogen-bond donors (Lipinski definition) is 2. The van der Waals surface area contributed by atoms with E-state index >= 15 is 0 Å². The third-order valence-corrected chi connectivity index (χ3v) is 5.03. The van der Waals surface area contributed by atoms with Crippen molar-refractivity contribution in [3.8, 4) is 0 Å². The van der Waals surface area contributed by atoms with E-state index < -0.39 is 0 Å². The lowest BCUT2D eigenvalue weighted by Crippen LogP contribution is -2.30. The third kappa shape index (κ3) is 1.87. The van der Waals surface area contributed by atoms with Crippen LogP contribution in [0.2, 0.25) is 0 Å². The van der Waals surface area contributed by atoms with Crippen LogP contribution in [0.4, 0.5) is 0 Å². The SMILES string of the molecule is CCc1ccc2nc(C3NCCc4sccc43)[nH]c2c1. The van der Waals surface area contributed by atoms with E-state index in [9.17, 15) is 0 Å². The first-order valence-corrected chi connectivity index (χ1v) is 8.01. The van der Waals surface area contributed by atoms with Crippen molar-refractivity contribution < 1.29 is 0 Å². The summed E-state index contributed by atoms with van der Waals surface area (Å²) < 4.78 is 0. The molecule has 20 heavy (non-hydrogen) atoms. The Bertz CT molecular complexity index is 756. The molecule has 0 spiro atoms. The van der Waals surface area contributed by atoms with Gasteiger partial charge in [0, 0.05) is 11.4 Å². The number of aromatic nitrogens is 2. The number of H-pyrrole nitrogens is 1. The molecule has 0 fully saturated rings. The molecule has 1 atom stereocenters. The van der Waals surface area contributed by atoms with E-state index in [2.05, 4.69) is 46.9 Å². The molecular weight excluding hydrogens is 266 g/mol. The molecule has 102 valence electrons. The van der Waals surface area contributed by atoms with Crippen LogP contribution in [0.5, 0.6) is 0 Å². The lowest BCUT2D eigenvalue weighted by Gasteiger charge is -2.22. The highest BCUT2D eigenvalue weighted by Crippen LogP contribution is 2.31. The number of aromatic amines is 1. The largest absolute Gasteiger partial charge is 0.340 e. The molecule has 4 rings (SSSR count). The maximum absolute atomic E-state index is 4.78. The number of aryl methyl sites for hydroxylation is 1. The fourth-order valence-corrected chi connectivity index (χ4v) is 3.85. The minimum Gasteiger partial charge on any atom is -0.340 e. The summed E-state index contributed by atoms with van der Waals surface area (Å²) in [6.45, 7) is 3.20. The minimum atomic E-state index is 0.211. The van der Waals surface area contributed by atoms with Crippen LogP contribution in [-0.2, 0) is 12.8 Å². The van der Waals surface area contributed by atoms with Crippen molar-refractivity contribution >= 4 is 22.4 Å². The summed E-state index contributed by atoms with van der Waals surface area (Å²) in [7, 11) is 0. The van der Waals surface area contributed by atoms with Gasteiger partial charge in [0.25, 0.3) is 0 Å². The smallest absolute Gasteiger partial charge is 0.129 e. The number of nitrogens with one attached hydrogen (secondary N) is 2. The Morgan fingerprint density at radius 2 is 2.30 bits per heavy atom. The van der Waals surface area contributed by atoms with Crippen LogP contribution in [-0.4, -0.2) is 16.5 Å². The molecule has 0 amide bonds. The Morgan fingerprint density at radius 1 is 1.35 bits per heavy atom. The third-order valence-electron chi connectivity index (χ3n) is 4.04. The number of nitrogens with zero attached hydrogens (tertiary/aromatic N) is 1. The molecule has 4 heteroatoms. The lowest BCUT2D eigenvalue weighted by atomic mass is 10.0. The average molecular weight is 283 g/mol. The Labute approximate surface area is 122 Å². The van der Waals surface area contributed by atoms with Crippen molar-refractivity contribution in [1.29, 1.82) is 0 Å². The van der Waals surface area contributed by atoms with Gasteiger partial charge in [-0.25, -0.2) is 4.98 Å². The van der Waals surface area contributed by atoms with Gasteiger partial charge in [-0.15, -0.1) is 11.3 Å². The first kappa shape index (κ1) is 12.1. The molecule has 3 aromatic rings. The van der Waals surface area contributed by atoms with Crippen LogP contribution in [0.3, 0.4) is 0 Å². The topological polar surface area (TPSA) is 40.7 Å². The highest BCUT2D eigenvalue weighted by atomic mass is 32.1. The van der Waals surface area contributed by atoms with Gasteiger partial charge in [0.2, 0.25) is 0 Å². The Hall–Kier alpha value is -1.65. The molecule has 1 aliphatic rings. The zero-order chi connectivity index (χ0) is 13.5. The monoisotopic (exact) mass is 283 g/mol. The van der Waals surface area contributed by atoms with Gasteiger partial charge in [0.05, 0.1) is 17.1 Å². The Morgan fingerprint density at radius 3 is 3.20 bits per heavy atom. The second-order valence-electron chi connectivity index (χ2n) is 5.26. The molecular formula is C16H17N3S. The zero-order valence-electron chi connectivity index (χ0n) is 11.4. The minimum absolute atomic E-state index is 0.211. The van der Waals surface area contributed by atoms with Crippen LogP contribution in [0.15, 0.2) is 29.6 Å². The van der Waals surface area contributed by atoms with Gasteiger partial charge in [-0.05, 0) is 47.5 Å². The van der Waals surface area contributed by atoms with Crippen LogP contribution >= 0.6 is 11.3 Å². The van der Waals surface area contributed by atoms with Crippen molar-refractivity contribution in [3.63, 3.8) is 0 Å². The van der Waals surface area contributed by atoms with E-state index in [4.69, 9.17) is 4.98 Å². The predicted molar refractivity (Wildman–Crippen MR) is 83.3 cm³/mol. The molecule has 0 bridgehead atoms. The highest BCUT2D eigenvalue weighted by Gasteiger charge is 2.24. The Kier molecular flexibility index (Phi) is 2.86. The fourth-order valence-electron chi connectivity index (χ4n) is 2.93. The molecule has 1 aromatic carbocycles. The van der Waals surface area contributed by atoms with Gasteiger partial charge < -0.3 is 10.3 Å². The summed E-state index contributed by atoms with van der Waals surface area (Å²) >= 11 is 1.86. The molecule has 1 aliphatic heterocycles. The number of hydrogen-bond acceptors (Lipinski definition) is 3. The molecule has 3 nitrogen and oxygen atoms in total. The summed E-state index contributed by atoms with van der Waals surface area (Å²) in [6.07, 6.45) is 2.18. The molecule has 2 aromatic heterocycles. The maximum atomic E-state index is 4.78. The predicted octanol–water partition coefficient (Wildman–Crippen LogP) is 3.42. The number of thiophene rings is 1. The lowest BCUT2D eigenvalue weighted by molar-refractivity contribution is 0.555. The van der Waals surface area contributed by atoms with Crippen LogP contribution in [0.25, 0.3) is 11.0 Å². The Balaban J connectivity index is 1.80. The van der Waals surface area contributed by atoms with Crippen LogP contribution in [0.1, 0.15) is 34.8 Å². The van der Waals surface area contributed by atoms with Crippen molar-refractivity contribution in [2.24, 2.45) is 0 Å². The van der Waals surface area contributed by atoms with E-state index in [1.165, 1.54) is 16.0 Å². The van der Waals surface area contributed by atoms with Gasteiger partial charge in [0.15, 0.2) is 0 Å². The molecule has 0 aliphatic carbocycles. The fraction of sp³-hybridized carbons (Fsp3) is 0.312. The summed E-state index contributed by atoms with van der Waals surface area (Å²) in [5.41, 5.74) is 4.93. The van der Waals surface area contributed by atoms with Crippen molar-refractivity contribution in [2.45, 2.75) is 25.8 Å². The van der Waals surface area contributed by atoms with Crippen LogP contribution < -0.4 is 5.32 Å². The van der Waals surface area contributed by atoms with Crippen molar-refractivity contribution in [1.82, 2.24) is 15.3 Å². The van der Waals surface area contributed by atoms with Gasteiger partial charge in [0.1, 0.15) is 5.82 Å². The molecule has 0 saturated heterocycles.